The van der Waals surface area contributed by atoms with Crippen molar-refractivity contribution < 1.29 is 38.6 Å². The lowest BCUT2D eigenvalue weighted by Gasteiger charge is -2.29. The van der Waals surface area contributed by atoms with Crippen molar-refractivity contribution >= 4 is 30.0 Å². The average molecular weight is 623 g/mol. The maximum absolute atomic E-state index is 14.1. The molecule has 12 nitrogen and oxygen atoms in total. The fourth-order valence-electron chi connectivity index (χ4n) is 7.16. The van der Waals surface area contributed by atoms with Crippen molar-refractivity contribution in [3.05, 3.63) is 47.5 Å². The molecule has 2 aliphatic carbocycles. The van der Waals surface area contributed by atoms with Crippen LogP contribution < -0.4 is 10.6 Å². The first-order valence-corrected chi connectivity index (χ1v) is 16.3. The van der Waals surface area contributed by atoms with Crippen molar-refractivity contribution in [2.24, 2.45) is 5.92 Å². The number of fused-ring (bicyclic) bond motifs is 3. The molecule has 0 aromatic heterocycles. The van der Waals surface area contributed by atoms with Gasteiger partial charge in [-0.05, 0) is 62.5 Å². The van der Waals surface area contributed by atoms with Crippen LogP contribution in [0.25, 0.3) is 0 Å². The van der Waals surface area contributed by atoms with Crippen molar-refractivity contribution in [2.45, 2.75) is 114 Å². The van der Waals surface area contributed by atoms with E-state index in [-0.39, 0.29) is 31.4 Å². The molecule has 0 spiro atoms. The summed E-state index contributed by atoms with van der Waals surface area (Å²) in [5.41, 5.74) is 0.628. The van der Waals surface area contributed by atoms with Crippen LogP contribution in [-0.4, -0.2) is 81.3 Å². The van der Waals surface area contributed by atoms with E-state index < -0.39 is 53.7 Å². The van der Waals surface area contributed by atoms with Gasteiger partial charge in [0.1, 0.15) is 29.8 Å². The third-order valence-electron chi connectivity index (χ3n) is 9.86. The number of ether oxygens (including phenoxy) is 2. The number of carboxylic acids is 1. The SMILES string of the molecule is O=C(N[C@H]1CCCCCC=C[C@@H]2C[C@@]2(C(=O)O)NC(=O)[C@@H]2C[C@@H](OC(=O)N3Cc4ccccc4C3)CN2C1=O)OC1CCCC1. The minimum absolute atomic E-state index is 0.0134. The average Bonchev–Trinajstić information content (AvgIpc) is 3.43. The number of nitrogens with one attached hydrogen (secondary N) is 2. The molecule has 3 N–H and O–H groups in total. The summed E-state index contributed by atoms with van der Waals surface area (Å²) in [6, 6.07) is 5.73. The monoisotopic (exact) mass is 622 g/mol. The molecule has 5 atom stereocenters. The van der Waals surface area contributed by atoms with Crippen molar-refractivity contribution in [2.75, 3.05) is 6.54 Å². The Hall–Kier alpha value is -4.09. The van der Waals surface area contributed by atoms with Gasteiger partial charge in [-0.1, -0.05) is 49.3 Å². The molecule has 3 aliphatic heterocycles. The van der Waals surface area contributed by atoms with Crippen LogP contribution in [0.1, 0.15) is 81.8 Å². The maximum atomic E-state index is 14.1. The fraction of sp³-hybridized carbons (Fsp3) is 0.606. The number of aliphatic carboxylic acids is 1. The summed E-state index contributed by atoms with van der Waals surface area (Å²) in [6.45, 7) is 0.752. The number of allylic oxidation sites excluding steroid dienone is 1. The molecular formula is C33H42N4O8. The van der Waals surface area contributed by atoms with Gasteiger partial charge in [-0.25, -0.2) is 14.4 Å². The molecule has 1 saturated heterocycles. The van der Waals surface area contributed by atoms with Crippen molar-refractivity contribution in [3.8, 4) is 0 Å². The number of benzene rings is 1. The number of alkyl carbamates (subject to hydrolysis) is 1. The van der Waals surface area contributed by atoms with E-state index in [1.807, 2.05) is 36.4 Å². The van der Waals surface area contributed by atoms with Gasteiger partial charge in [-0.15, -0.1) is 0 Å². The van der Waals surface area contributed by atoms with Gasteiger partial charge in [0, 0.05) is 25.4 Å². The van der Waals surface area contributed by atoms with Crippen LogP contribution in [0.4, 0.5) is 9.59 Å². The first kappa shape index (κ1) is 30.9. The standard InChI is InChI=1S/C33H42N4O8/c38-28-27-16-25(45-32(43)36-18-21-10-6-7-11-22(21)19-36)20-37(27)29(39)26(34-31(42)44-24-13-8-9-14-24)15-5-3-1-2-4-12-23-17-33(23,35-28)30(40)41/h4,6-7,10-12,23-27H,1-3,5,8-9,13-20H2,(H,34,42)(H,35,38)(H,40,41)/t23-,25-,26+,27+,33-/m1/s1. The largest absolute Gasteiger partial charge is 0.479 e. The van der Waals surface area contributed by atoms with E-state index in [2.05, 4.69) is 10.6 Å². The van der Waals surface area contributed by atoms with E-state index in [0.717, 1.165) is 56.1 Å². The highest BCUT2D eigenvalue weighted by molar-refractivity contribution is 5.96. The zero-order valence-corrected chi connectivity index (χ0v) is 25.4. The number of hydrogen-bond donors (Lipinski definition) is 3. The van der Waals surface area contributed by atoms with E-state index in [9.17, 15) is 29.1 Å². The van der Waals surface area contributed by atoms with E-state index in [1.54, 1.807) is 4.90 Å². The topological polar surface area (TPSA) is 155 Å². The quantitative estimate of drug-likeness (QED) is 0.430. The Morgan fingerprint density at radius 1 is 0.933 bits per heavy atom. The smallest absolute Gasteiger partial charge is 0.410 e. The summed E-state index contributed by atoms with van der Waals surface area (Å²) < 4.78 is 11.4. The summed E-state index contributed by atoms with van der Waals surface area (Å²) in [6.07, 6.45) is 8.86. The second-order valence-corrected chi connectivity index (χ2v) is 13.0. The number of rotatable bonds is 4. The number of hydrogen-bond acceptors (Lipinski definition) is 7. The molecule has 6 rings (SSSR count). The van der Waals surface area contributed by atoms with Crippen molar-refractivity contribution in [1.29, 1.82) is 0 Å². The van der Waals surface area contributed by atoms with Crippen molar-refractivity contribution in [3.63, 3.8) is 0 Å². The van der Waals surface area contributed by atoms with E-state index in [0.29, 0.717) is 25.9 Å². The molecule has 1 aromatic rings. The van der Waals surface area contributed by atoms with E-state index >= 15 is 0 Å². The number of amides is 4. The highest BCUT2D eigenvalue weighted by atomic mass is 16.6. The third-order valence-corrected chi connectivity index (χ3v) is 9.86. The Labute approximate surface area is 262 Å². The van der Waals surface area contributed by atoms with Crippen LogP contribution in [0.5, 0.6) is 0 Å². The summed E-state index contributed by atoms with van der Waals surface area (Å²) in [5.74, 6) is -2.57. The summed E-state index contributed by atoms with van der Waals surface area (Å²) >= 11 is 0. The van der Waals surface area contributed by atoms with Gasteiger partial charge in [0.15, 0.2) is 0 Å². The molecule has 242 valence electrons. The molecule has 3 heterocycles. The van der Waals surface area contributed by atoms with Crippen LogP contribution in [0.15, 0.2) is 36.4 Å². The predicted molar refractivity (Wildman–Crippen MR) is 161 cm³/mol. The third kappa shape index (κ3) is 6.79. The molecule has 0 bridgehead atoms. The summed E-state index contributed by atoms with van der Waals surface area (Å²) in [4.78, 5) is 69.2. The Morgan fingerprint density at radius 2 is 1.64 bits per heavy atom. The van der Waals surface area contributed by atoms with Gasteiger partial charge < -0.3 is 30.1 Å². The Kier molecular flexibility index (Phi) is 9.00. The molecule has 45 heavy (non-hydrogen) atoms. The Morgan fingerprint density at radius 3 is 2.36 bits per heavy atom. The van der Waals surface area contributed by atoms with E-state index in [1.165, 1.54) is 4.90 Å². The first-order valence-electron chi connectivity index (χ1n) is 16.3. The Balaban J connectivity index is 1.20. The highest BCUT2D eigenvalue weighted by Gasteiger charge is 2.61. The first-order chi connectivity index (χ1) is 21.7. The Bertz CT molecular complexity index is 1330. The molecule has 4 amide bonds. The second kappa shape index (κ2) is 13.1. The minimum atomic E-state index is -1.44. The normalized spacial score (nSPS) is 30.3. The lowest BCUT2D eigenvalue weighted by Crippen LogP contribution is -2.56. The zero-order valence-electron chi connectivity index (χ0n) is 25.4. The van der Waals surface area contributed by atoms with Gasteiger partial charge in [-0.2, -0.15) is 0 Å². The van der Waals surface area contributed by atoms with Crippen LogP contribution in [0, 0.1) is 5.92 Å². The van der Waals surface area contributed by atoms with Gasteiger partial charge in [0.25, 0.3) is 0 Å². The number of nitrogens with zero attached hydrogens (tertiary/aromatic N) is 2. The van der Waals surface area contributed by atoms with Crippen LogP contribution >= 0.6 is 0 Å². The molecule has 0 radical (unpaired) electrons. The van der Waals surface area contributed by atoms with Crippen LogP contribution in [-0.2, 0) is 36.9 Å². The lowest BCUT2D eigenvalue weighted by atomic mass is 10.0. The molecule has 5 aliphatic rings. The molecule has 3 fully saturated rings. The van der Waals surface area contributed by atoms with Gasteiger partial charge >= 0.3 is 18.2 Å². The molecular weight excluding hydrogens is 580 g/mol. The maximum Gasteiger partial charge on any atom is 0.410 e. The number of carbonyl (C=O) groups excluding carboxylic acids is 4. The van der Waals surface area contributed by atoms with E-state index in [4.69, 9.17) is 9.47 Å². The van der Waals surface area contributed by atoms with Gasteiger partial charge in [0.2, 0.25) is 11.8 Å². The summed E-state index contributed by atoms with van der Waals surface area (Å²) in [5, 5.41) is 15.5. The molecule has 0 unspecified atom stereocenters. The minimum Gasteiger partial charge on any atom is -0.479 e. The lowest BCUT2D eigenvalue weighted by molar-refractivity contribution is -0.145. The van der Waals surface area contributed by atoms with Crippen LogP contribution in [0.3, 0.4) is 0 Å². The predicted octanol–water partition coefficient (Wildman–Crippen LogP) is 3.63. The molecule has 12 heteroatoms. The van der Waals surface area contributed by atoms with Crippen LogP contribution in [0.2, 0.25) is 0 Å². The number of carbonyl (C=O) groups is 5. The molecule has 1 aromatic carbocycles. The highest BCUT2D eigenvalue weighted by Crippen LogP contribution is 2.45. The van der Waals surface area contributed by atoms with Gasteiger partial charge in [0.05, 0.1) is 6.54 Å². The summed E-state index contributed by atoms with van der Waals surface area (Å²) in [7, 11) is 0. The zero-order chi connectivity index (χ0) is 31.6. The van der Waals surface area contributed by atoms with Crippen molar-refractivity contribution in [1.82, 2.24) is 20.4 Å². The molecule has 2 saturated carbocycles. The second-order valence-electron chi connectivity index (χ2n) is 13.0. The van der Waals surface area contributed by atoms with Gasteiger partial charge in [-0.3, -0.25) is 14.5 Å². The number of carboxylic acid groups (broad SMARTS) is 1. The fourth-order valence-corrected chi connectivity index (χ4v) is 7.16.